The van der Waals surface area contributed by atoms with Gasteiger partial charge in [0.1, 0.15) is 23.9 Å². The molecule has 10 atom stereocenters. The Hall–Kier alpha value is -0.620. The number of hydrogen-bond acceptors (Lipinski definition) is 9. The zero-order valence-electron chi connectivity index (χ0n) is 17.0. The summed E-state index contributed by atoms with van der Waals surface area (Å²) in [5.41, 5.74) is -1.54. The van der Waals surface area contributed by atoms with E-state index in [0.717, 1.165) is 0 Å². The molecule has 5 N–H and O–H groups in total. The lowest BCUT2D eigenvalue weighted by atomic mass is 9.77. The standard InChI is InChI=1S/C19H34N2O7/c1-6-8-25-14-11(20-4)13(22)12(21-5)15-16(14)27-17-19(24,28-15)18(23,7-2)9-10(3)26-17/h6,10-17,20-24H,1,7-9H2,2-5H3. The van der Waals surface area contributed by atoms with Crippen LogP contribution in [0, 0.1) is 0 Å². The molecule has 0 aromatic rings. The van der Waals surface area contributed by atoms with Gasteiger partial charge in [-0.3, -0.25) is 0 Å². The van der Waals surface area contributed by atoms with Crippen molar-refractivity contribution in [2.45, 2.75) is 87.0 Å². The quantitative estimate of drug-likeness (QED) is 0.351. The van der Waals surface area contributed by atoms with Gasteiger partial charge in [-0.25, -0.2) is 0 Å². The van der Waals surface area contributed by atoms with E-state index in [1.165, 1.54) is 0 Å². The first-order valence-electron chi connectivity index (χ1n) is 9.94. The zero-order valence-corrected chi connectivity index (χ0v) is 17.0. The molecule has 2 aliphatic heterocycles. The van der Waals surface area contributed by atoms with Gasteiger partial charge in [0, 0.05) is 6.42 Å². The number of nitrogens with one attached hydrogen (secondary N) is 2. The van der Waals surface area contributed by atoms with Gasteiger partial charge in [-0.2, -0.15) is 0 Å². The highest BCUT2D eigenvalue weighted by Gasteiger charge is 2.68. The molecule has 3 rings (SSSR count). The third-order valence-electron chi connectivity index (χ3n) is 6.31. The summed E-state index contributed by atoms with van der Waals surface area (Å²) in [5.74, 6) is -2.06. The Bertz CT molecular complexity index is 566. The molecule has 0 spiro atoms. The predicted octanol–water partition coefficient (Wildman–Crippen LogP) is -1.14. The van der Waals surface area contributed by atoms with Crippen molar-refractivity contribution in [3.8, 4) is 0 Å². The van der Waals surface area contributed by atoms with Crippen LogP contribution in [0.1, 0.15) is 26.7 Å². The Kier molecular flexibility index (Phi) is 6.51. The van der Waals surface area contributed by atoms with Crippen LogP contribution in [0.2, 0.25) is 0 Å². The molecule has 3 aliphatic rings. The number of aliphatic hydroxyl groups excluding tert-OH is 1. The third-order valence-corrected chi connectivity index (χ3v) is 6.31. The van der Waals surface area contributed by atoms with Crippen LogP contribution >= 0.6 is 0 Å². The van der Waals surface area contributed by atoms with Gasteiger partial charge in [0.15, 0.2) is 0 Å². The van der Waals surface area contributed by atoms with E-state index < -0.39 is 54.2 Å². The molecule has 1 saturated carbocycles. The van der Waals surface area contributed by atoms with Gasteiger partial charge in [0.05, 0.1) is 30.9 Å². The van der Waals surface area contributed by atoms with E-state index in [0.29, 0.717) is 0 Å². The van der Waals surface area contributed by atoms with Crippen LogP contribution in [0.15, 0.2) is 12.7 Å². The second-order valence-corrected chi connectivity index (χ2v) is 7.95. The molecule has 2 heterocycles. The van der Waals surface area contributed by atoms with E-state index >= 15 is 0 Å². The van der Waals surface area contributed by atoms with Crippen LogP contribution in [0.5, 0.6) is 0 Å². The first-order chi connectivity index (χ1) is 13.3. The predicted molar refractivity (Wildman–Crippen MR) is 101 cm³/mol. The summed E-state index contributed by atoms with van der Waals surface area (Å²) in [6.07, 6.45) is -2.28. The Morgan fingerprint density at radius 2 is 1.86 bits per heavy atom. The second-order valence-electron chi connectivity index (χ2n) is 7.95. The topological polar surface area (TPSA) is 122 Å². The van der Waals surface area contributed by atoms with Gasteiger partial charge in [-0.1, -0.05) is 13.0 Å². The fourth-order valence-electron chi connectivity index (χ4n) is 4.78. The van der Waals surface area contributed by atoms with Crippen molar-refractivity contribution in [1.82, 2.24) is 10.6 Å². The smallest absolute Gasteiger partial charge is 0.248 e. The second kappa shape index (κ2) is 8.25. The molecular formula is C19H34N2O7. The van der Waals surface area contributed by atoms with Crippen LogP contribution in [-0.2, 0) is 18.9 Å². The van der Waals surface area contributed by atoms with E-state index in [-0.39, 0.29) is 25.6 Å². The summed E-state index contributed by atoms with van der Waals surface area (Å²) in [7, 11) is 3.44. The molecule has 2 saturated heterocycles. The van der Waals surface area contributed by atoms with Crippen molar-refractivity contribution in [1.29, 1.82) is 0 Å². The number of likely N-dealkylation sites (N-methyl/N-ethyl adjacent to an activating group) is 2. The molecule has 10 unspecified atom stereocenters. The SMILES string of the molecule is C=CCOC1C(NC)C(O)C(NC)C2OC3(O)C(OC(C)CC3(O)CC)OC12. The van der Waals surface area contributed by atoms with Crippen molar-refractivity contribution >= 4 is 0 Å². The summed E-state index contributed by atoms with van der Waals surface area (Å²) >= 11 is 0. The highest BCUT2D eigenvalue weighted by molar-refractivity contribution is 5.12. The normalized spacial score (nSPS) is 51.2. The Morgan fingerprint density at radius 3 is 2.43 bits per heavy atom. The van der Waals surface area contributed by atoms with Crippen LogP contribution in [0.25, 0.3) is 0 Å². The van der Waals surface area contributed by atoms with E-state index in [1.54, 1.807) is 27.1 Å². The summed E-state index contributed by atoms with van der Waals surface area (Å²) in [4.78, 5) is 0. The van der Waals surface area contributed by atoms with Crippen molar-refractivity contribution < 1.29 is 34.3 Å². The van der Waals surface area contributed by atoms with E-state index in [4.69, 9.17) is 18.9 Å². The van der Waals surface area contributed by atoms with Crippen LogP contribution in [-0.4, -0.2) is 96.3 Å². The van der Waals surface area contributed by atoms with Gasteiger partial charge >= 0.3 is 0 Å². The average Bonchev–Trinajstić information content (AvgIpc) is 2.66. The lowest BCUT2D eigenvalue weighted by Crippen LogP contribution is -2.80. The molecule has 3 fully saturated rings. The first-order valence-corrected chi connectivity index (χ1v) is 9.94. The van der Waals surface area contributed by atoms with Crippen LogP contribution in [0.4, 0.5) is 0 Å². The average molecular weight is 402 g/mol. The molecule has 28 heavy (non-hydrogen) atoms. The molecule has 1 aliphatic carbocycles. The van der Waals surface area contributed by atoms with Gasteiger partial charge in [0.25, 0.3) is 0 Å². The maximum absolute atomic E-state index is 11.3. The lowest BCUT2D eigenvalue weighted by molar-refractivity contribution is -0.483. The minimum atomic E-state index is -2.06. The highest BCUT2D eigenvalue weighted by atomic mass is 16.8. The molecule has 0 bridgehead atoms. The van der Waals surface area contributed by atoms with E-state index in [2.05, 4.69) is 17.2 Å². The summed E-state index contributed by atoms with van der Waals surface area (Å²) in [6.45, 7) is 7.53. The number of ether oxygens (including phenoxy) is 4. The third kappa shape index (κ3) is 3.32. The molecule has 9 heteroatoms. The Balaban J connectivity index is 1.99. The molecule has 0 radical (unpaired) electrons. The maximum atomic E-state index is 11.3. The van der Waals surface area contributed by atoms with Crippen molar-refractivity contribution in [3.05, 3.63) is 12.7 Å². The fraction of sp³-hybridized carbons (Fsp3) is 0.895. The summed E-state index contributed by atoms with van der Waals surface area (Å²) < 4.78 is 24.0. The molecule has 0 amide bonds. The Labute approximate surface area is 166 Å². The summed E-state index contributed by atoms with van der Waals surface area (Å²) in [5, 5.41) is 39.5. The van der Waals surface area contributed by atoms with E-state index in [9.17, 15) is 15.3 Å². The van der Waals surface area contributed by atoms with Gasteiger partial charge in [0.2, 0.25) is 12.1 Å². The van der Waals surface area contributed by atoms with Gasteiger partial charge in [-0.05, 0) is 27.4 Å². The van der Waals surface area contributed by atoms with E-state index in [1.807, 2.05) is 6.92 Å². The molecule has 0 aromatic heterocycles. The maximum Gasteiger partial charge on any atom is 0.248 e. The molecule has 9 nitrogen and oxygen atoms in total. The fourth-order valence-corrected chi connectivity index (χ4v) is 4.78. The molecule has 162 valence electrons. The van der Waals surface area contributed by atoms with Crippen LogP contribution in [0.3, 0.4) is 0 Å². The number of aliphatic hydroxyl groups is 3. The van der Waals surface area contributed by atoms with Crippen molar-refractivity contribution in [2.75, 3.05) is 20.7 Å². The molecular weight excluding hydrogens is 368 g/mol. The highest BCUT2D eigenvalue weighted by Crippen LogP contribution is 2.47. The largest absolute Gasteiger partial charge is 0.390 e. The van der Waals surface area contributed by atoms with Crippen molar-refractivity contribution in [3.63, 3.8) is 0 Å². The monoisotopic (exact) mass is 402 g/mol. The van der Waals surface area contributed by atoms with Gasteiger partial charge in [-0.15, -0.1) is 6.58 Å². The first kappa shape index (κ1) is 22.1. The Morgan fingerprint density at radius 1 is 1.18 bits per heavy atom. The number of hydrogen-bond donors (Lipinski definition) is 5. The van der Waals surface area contributed by atoms with Gasteiger partial charge < -0.3 is 44.9 Å². The van der Waals surface area contributed by atoms with Crippen molar-refractivity contribution in [2.24, 2.45) is 0 Å². The molecule has 0 aromatic carbocycles. The number of rotatable bonds is 6. The number of fused-ring (bicyclic) bond motifs is 2. The zero-order chi connectivity index (χ0) is 20.7. The lowest BCUT2D eigenvalue weighted by Gasteiger charge is -2.60. The summed E-state index contributed by atoms with van der Waals surface area (Å²) in [6, 6.07) is -1.00. The van der Waals surface area contributed by atoms with Crippen LogP contribution < -0.4 is 10.6 Å². The minimum absolute atomic E-state index is 0.208. The minimum Gasteiger partial charge on any atom is -0.390 e.